The fourth-order valence-corrected chi connectivity index (χ4v) is 2.67. The highest BCUT2D eigenvalue weighted by Gasteiger charge is 2.08. The Hall–Kier alpha value is -1.50. The molecule has 19 heavy (non-hydrogen) atoms. The van der Waals surface area contributed by atoms with Gasteiger partial charge in [-0.3, -0.25) is 4.79 Å². The molecule has 1 aromatic rings. The summed E-state index contributed by atoms with van der Waals surface area (Å²) in [6.45, 7) is 0.709. The highest BCUT2D eigenvalue weighted by molar-refractivity contribution is 7.99. The second-order valence-corrected chi connectivity index (χ2v) is 5.46. The first-order valence-corrected chi connectivity index (χ1v) is 7.47. The summed E-state index contributed by atoms with van der Waals surface area (Å²) >= 11 is 1.29. The van der Waals surface area contributed by atoms with Crippen LogP contribution in [-0.2, 0) is 4.79 Å². The predicted octanol–water partition coefficient (Wildman–Crippen LogP) is 1.09. The lowest BCUT2D eigenvalue weighted by molar-refractivity contribution is -0.118. The number of carbonyl (C=O) groups excluding carboxylic acids is 1. The summed E-state index contributed by atoms with van der Waals surface area (Å²) in [6.07, 6.45) is 9.63. The number of allylic oxidation sites excluding steroid dienone is 1. The van der Waals surface area contributed by atoms with E-state index in [4.69, 9.17) is 5.84 Å². The van der Waals surface area contributed by atoms with Gasteiger partial charge < -0.3 is 11.2 Å². The van der Waals surface area contributed by atoms with E-state index in [-0.39, 0.29) is 5.91 Å². The molecule has 1 aliphatic rings. The summed E-state index contributed by atoms with van der Waals surface area (Å²) < 4.78 is 1.31. The van der Waals surface area contributed by atoms with Crippen LogP contribution in [0.3, 0.4) is 0 Å². The average Bonchev–Trinajstić information content (AvgIpc) is 2.83. The summed E-state index contributed by atoms with van der Waals surface area (Å²) in [5.41, 5.74) is 1.47. The molecule has 3 N–H and O–H groups in total. The van der Waals surface area contributed by atoms with E-state index >= 15 is 0 Å². The number of amides is 1. The van der Waals surface area contributed by atoms with Crippen LogP contribution < -0.4 is 11.2 Å². The lowest BCUT2D eigenvalue weighted by Crippen LogP contribution is -2.26. The van der Waals surface area contributed by atoms with Crippen LogP contribution in [-0.4, -0.2) is 33.1 Å². The number of nitrogens with two attached hydrogens (primary N) is 1. The molecule has 1 heterocycles. The van der Waals surface area contributed by atoms with Crippen LogP contribution in [0, 0.1) is 0 Å². The smallest absolute Gasteiger partial charge is 0.230 e. The first-order chi connectivity index (χ1) is 9.25. The van der Waals surface area contributed by atoms with E-state index in [0.717, 1.165) is 6.42 Å². The molecule has 0 radical (unpaired) electrons. The van der Waals surface area contributed by atoms with Crippen molar-refractivity contribution in [1.82, 2.24) is 20.2 Å². The van der Waals surface area contributed by atoms with E-state index in [1.807, 2.05) is 0 Å². The molecular formula is C12H19N5OS. The van der Waals surface area contributed by atoms with Gasteiger partial charge >= 0.3 is 0 Å². The molecular weight excluding hydrogens is 262 g/mol. The molecule has 0 aromatic carbocycles. The van der Waals surface area contributed by atoms with E-state index in [2.05, 4.69) is 21.6 Å². The van der Waals surface area contributed by atoms with Crippen molar-refractivity contribution < 1.29 is 4.79 Å². The number of rotatable bonds is 6. The zero-order valence-electron chi connectivity index (χ0n) is 10.8. The topological polar surface area (TPSA) is 85.8 Å². The lowest BCUT2D eigenvalue weighted by Gasteiger charge is -2.12. The number of hydrogen-bond donors (Lipinski definition) is 2. The maximum absolute atomic E-state index is 11.6. The maximum atomic E-state index is 11.6. The van der Waals surface area contributed by atoms with Crippen molar-refractivity contribution >= 4 is 17.7 Å². The summed E-state index contributed by atoms with van der Waals surface area (Å²) in [6, 6.07) is 0. The normalized spacial score (nSPS) is 15.1. The van der Waals surface area contributed by atoms with Crippen molar-refractivity contribution in [1.29, 1.82) is 0 Å². The quantitative estimate of drug-likeness (QED) is 0.463. The lowest BCUT2D eigenvalue weighted by atomic mass is 9.97. The summed E-state index contributed by atoms with van der Waals surface area (Å²) in [4.78, 5) is 11.6. The Kier molecular flexibility index (Phi) is 5.26. The van der Waals surface area contributed by atoms with Gasteiger partial charge in [-0.1, -0.05) is 23.4 Å². The van der Waals surface area contributed by atoms with Crippen molar-refractivity contribution in [3.8, 4) is 0 Å². The number of nitrogens with one attached hydrogen (secondary N) is 1. The Balaban J connectivity index is 1.62. The largest absolute Gasteiger partial charge is 0.355 e. The van der Waals surface area contributed by atoms with Crippen LogP contribution in [0.2, 0.25) is 0 Å². The van der Waals surface area contributed by atoms with Gasteiger partial charge in [-0.2, -0.15) is 0 Å². The van der Waals surface area contributed by atoms with Gasteiger partial charge in [0.15, 0.2) is 0 Å². The van der Waals surface area contributed by atoms with Gasteiger partial charge in [0.1, 0.15) is 6.33 Å². The SMILES string of the molecule is Nn1cnnc1SCC(=O)NCCC1=CCCCC1. The fourth-order valence-electron chi connectivity index (χ4n) is 2.01. The van der Waals surface area contributed by atoms with Crippen molar-refractivity contribution in [3.05, 3.63) is 18.0 Å². The summed E-state index contributed by atoms with van der Waals surface area (Å²) in [5, 5.41) is 10.9. The minimum Gasteiger partial charge on any atom is -0.355 e. The molecule has 1 aromatic heterocycles. The predicted molar refractivity (Wildman–Crippen MR) is 75.1 cm³/mol. The van der Waals surface area contributed by atoms with Gasteiger partial charge in [0.05, 0.1) is 5.75 Å². The molecule has 1 aliphatic carbocycles. The highest BCUT2D eigenvalue weighted by Crippen LogP contribution is 2.19. The van der Waals surface area contributed by atoms with Crippen molar-refractivity contribution in [2.75, 3.05) is 18.1 Å². The zero-order valence-corrected chi connectivity index (χ0v) is 11.7. The van der Waals surface area contributed by atoms with Crippen molar-refractivity contribution in [3.63, 3.8) is 0 Å². The third kappa shape index (κ3) is 4.59. The minimum absolute atomic E-state index is 0.00408. The molecule has 6 nitrogen and oxygen atoms in total. The Morgan fingerprint density at radius 2 is 2.42 bits per heavy atom. The molecule has 0 fully saturated rings. The van der Waals surface area contributed by atoms with Gasteiger partial charge in [-0.05, 0) is 32.1 Å². The van der Waals surface area contributed by atoms with Gasteiger partial charge in [-0.15, -0.1) is 10.2 Å². The Bertz CT molecular complexity index is 457. The Morgan fingerprint density at radius 1 is 1.53 bits per heavy atom. The number of thioether (sulfide) groups is 1. The van der Waals surface area contributed by atoms with Gasteiger partial charge in [0, 0.05) is 6.54 Å². The molecule has 104 valence electrons. The number of nitrogen functional groups attached to an aromatic ring is 1. The minimum atomic E-state index is 0.00408. The molecule has 0 spiro atoms. The highest BCUT2D eigenvalue weighted by atomic mass is 32.2. The molecule has 0 atom stereocenters. The van der Waals surface area contributed by atoms with Crippen LogP contribution in [0.4, 0.5) is 0 Å². The van der Waals surface area contributed by atoms with Crippen molar-refractivity contribution in [2.45, 2.75) is 37.3 Å². The number of carbonyl (C=O) groups is 1. The molecule has 2 rings (SSSR count). The Morgan fingerprint density at radius 3 is 3.11 bits per heavy atom. The van der Waals surface area contributed by atoms with E-state index in [0.29, 0.717) is 17.5 Å². The van der Waals surface area contributed by atoms with Crippen LogP contribution in [0.15, 0.2) is 23.1 Å². The van der Waals surface area contributed by atoms with E-state index < -0.39 is 0 Å². The number of nitrogens with zero attached hydrogens (tertiary/aromatic N) is 3. The standard InChI is InChI=1S/C12H19N5OS/c13-17-9-15-16-12(17)19-8-11(18)14-7-6-10-4-2-1-3-5-10/h4,9H,1-3,5-8,13H2,(H,14,18). The zero-order chi connectivity index (χ0) is 13.5. The van der Waals surface area contributed by atoms with E-state index in [9.17, 15) is 4.79 Å². The molecule has 0 saturated heterocycles. The fraction of sp³-hybridized carbons (Fsp3) is 0.583. The average molecular weight is 281 g/mol. The summed E-state index contributed by atoms with van der Waals surface area (Å²) in [5.74, 6) is 5.87. The molecule has 0 saturated carbocycles. The van der Waals surface area contributed by atoms with E-state index in [1.54, 1.807) is 0 Å². The molecule has 7 heteroatoms. The molecule has 1 amide bonds. The van der Waals surface area contributed by atoms with E-state index in [1.165, 1.54) is 54.0 Å². The maximum Gasteiger partial charge on any atom is 0.230 e. The second-order valence-electron chi connectivity index (χ2n) is 4.52. The second kappa shape index (κ2) is 7.18. The van der Waals surface area contributed by atoms with Gasteiger partial charge in [-0.25, -0.2) is 4.68 Å². The van der Waals surface area contributed by atoms with Crippen LogP contribution >= 0.6 is 11.8 Å². The first kappa shape index (κ1) is 13.9. The Labute approximate surface area is 116 Å². The number of aromatic nitrogens is 3. The number of hydrogen-bond acceptors (Lipinski definition) is 5. The van der Waals surface area contributed by atoms with Crippen molar-refractivity contribution in [2.24, 2.45) is 0 Å². The molecule has 0 unspecified atom stereocenters. The third-order valence-electron chi connectivity index (χ3n) is 3.03. The molecule has 0 aliphatic heterocycles. The van der Waals surface area contributed by atoms with Crippen LogP contribution in [0.1, 0.15) is 32.1 Å². The summed E-state index contributed by atoms with van der Waals surface area (Å²) in [7, 11) is 0. The third-order valence-corrected chi connectivity index (χ3v) is 3.98. The molecule has 0 bridgehead atoms. The van der Waals surface area contributed by atoms with Crippen LogP contribution in [0.25, 0.3) is 0 Å². The van der Waals surface area contributed by atoms with Crippen LogP contribution in [0.5, 0.6) is 0 Å². The first-order valence-electron chi connectivity index (χ1n) is 6.48. The van der Waals surface area contributed by atoms with Gasteiger partial charge in [0.2, 0.25) is 11.1 Å². The monoisotopic (exact) mass is 281 g/mol. The van der Waals surface area contributed by atoms with Gasteiger partial charge in [0.25, 0.3) is 0 Å².